The van der Waals surface area contributed by atoms with Crippen molar-refractivity contribution in [3.63, 3.8) is 0 Å². The molecule has 10 nitrogen and oxygen atoms in total. The van der Waals surface area contributed by atoms with Crippen molar-refractivity contribution >= 4 is 5.91 Å². The van der Waals surface area contributed by atoms with Crippen molar-refractivity contribution in [1.29, 1.82) is 0 Å². The van der Waals surface area contributed by atoms with Crippen LogP contribution in [0.4, 0.5) is 0 Å². The minimum absolute atomic E-state index is 0.308. The molecule has 1 saturated heterocycles. The van der Waals surface area contributed by atoms with Gasteiger partial charge in [-0.1, -0.05) is 263 Å². The molecular formula is C57H109NO9. The predicted molar refractivity (Wildman–Crippen MR) is 278 cm³/mol. The van der Waals surface area contributed by atoms with Gasteiger partial charge in [-0.2, -0.15) is 0 Å². The quantitative estimate of drug-likeness (QED) is 0.0232. The lowest BCUT2D eigenvalue weighted by Gasteiger charge is -2.40. The zero-order chi connectivity index (χ0) is 48.8. The minimum Gasteiger partial charge on any atom is -0.394 e. The maximum Gasteiger partial charge on any atom is 0.249 e. The van der Waals surface area contributed by atoms with Crippen LogP contribution in [-0.4, -0.2) is 98.7 Å². The lowest BCUT2D eigenvalue weighted by molar-refractivity contribution is -0.302. The van der Waals surface area contributed by atoms with E-state index in [1.54, 1.807) is 6.08 Å². The molecule has 1 fully saturated rings. The summed E-state index contributed by atoms with van der Waals surface area (Å²) in [4.78, 5) is 13.1. The average molecular weight is 952 g/mol. The van der Waals surface area contributed by atoms with Crippen molar-refractivity contribution in [2.75, 3.05) is 13.2 Å². The molecule has 8 unspecified atom stereocenters. The summed E-state index contributed by atoms with van der Waals surface area (Å²) in [5, 5.41) is 64.8. The summed E-state index contributed by atoms with van der Waals surface area (Å²) in [5.41, 5.74) is 0. The Morgan fingerprint density at radius 1 is 0.507 bits per heavy atom. The third kappa shape index (κ3) is 36.2. The number of amides is 1. The maximum atomic E-state index is 13.1. The van der Waals surface area contributed by atoms with Crippen LogP contribution < -0.4 is 5.32 Å². The highest BCUT2D eigenvalue weighted by Crippen LogP contribution is 2.23. The van der Waals surface area contributed by atoms with Gasteiger partial charge in [-0.25, -0.2) is 0 Å². The second-order valence-electron chi connectivity index (χ2n) is 20.2. The van der Waals surface area contributed by atoms with E-state index < -0.39 is 61.5 Å². The summed E-state index contributed by atoms with van der Waals surface area (Å²) >= 11 is 0. The van der Waals surface area contributed by atoms with Crippen LogP contribution >= 0.6 is 0 Å². The van der Waals surface area contributed by atoms with Crippen molar-refractivity contribution < 1.29 is 44.9 Å². The first-order valence-corrected chi connectivity index (χ1v) is 28.7. The summed E-state index contributed by atoms with van der Waals surface area (Å²) in [5.74, 6) is -0.622. The van der Waals surface area contributed by atoms with Gasteiger partial charge in [0.2, 0.25) is 5.91 Å². The molecule has 67 heavy (non-hydrogen) atoms. The maximum absolute atomic E-state index is 13.1. The molecule has 0 aromatic rings. The number of unbranched alkanes of at least 4 members (excludes halogenated alkanes) is 36. The summed E-state index contributed by atoms with van der Waals surface area (Å²) in [7, 11) is 0. The fraction of sp³-hybridized carbons (Fsp3) is 0.912. The van der Waals surface area contributed by atoms with E-state index in [-0.39, 0.29) is 6.61 Å². The Morgan fingerprint density at radius 3 is 1.30 bits per heavy atom. The van der Waals surface area contributed by atoms with Crippen molar-refractivity contribution in [2.24, 2.45) is 0 Å². The number of aliphatic hydroxyl groups is 6. The first-order chi connectivity index (χ1) is 32.8. The molecule has 0 spiro atoms. The van der Waals surface area contributed by atoms with Gasteiger partial charge >= 0.3 is 0 Å². The number of hydrogen-bond donors (Lipinski definition) is 7. The molecule has 10 heteroatoms. The van der Waals surface area contributed by atoms with Crippen LogP contribution in [0.5, 0.6) is 0 Å². The van der Waals surface area contributed by atoms with Crippen molar-refractivity contribution in [3.8, 4) is 0 Å². The fourth-order valence-electron chi connectivity index (χ4n) is 9.24. The molecule has 0 aromatic carbocycles. The Bertz CT molecular complexity index is 1120. The number of ether oxygens (including phenoxy) is 2. The highest BCUT2D eigenvalue weighted by molar-refractivity contribution is 5.80. The van der Waals surface area contributed by atoms with Crippen molar-refractivity contribution in [3.05, 3.63) is 24.3 Å². The van der Waals surface area contributed by atoms with E-state index in [1.807, 2.05) is 6.08 Å². The highest BCUT2D eigenvalue weighted by Gasteiger charge is 2.44. The molecule has 1 rings (SSSR count). The zero-order valence-corrected chi connectivity index (χ0v) is 43.5. The number of hydrogen-bond acceptors (Lipinski definition) is 9. The average Bonchev–Trinajstić information content (AvgIpc) is 3.33. The smallest absolute Gasteiger partial charge is 0.249 e. The lowest BCUT2D eigenvalue weighted by atomic mass is 9.99. The molecule has 1 amide bonds. The Labute approximate surface area is 411 Å². The molecule has 7 N–H and O–H groups in total. The van der Waals surface area contributed by atoms with E-state index in [1.165, 1.54) is 205 Å². The Hall–Kier alpha value is -1.37. The van der Waals surface area contributed by atoms with E-state index in [0.29, 0.717) is 12.8 Å². The van der Waals surface area contributed by atoms with E-state index in [0.717, 1.165) is 38.5 Å². The SMILES string of the molecule is CCCCCCCC/C=C/CC/C=C/C(O)C(COC1OC(CO)C(O)C(O)C1O)NC(=O)C(O)CCCCCCCCCCCCCCCCCCCCCCCCCCCCCCCC. The highest BCUT2D eigenvalue weighted by atomic mass is 16.7. The molecule has 0 aliphatic carbocycles. The van der Waals surface area contributed by atoms with Gasteiger partial charge in [-0.05, 0) is 32.1 Å². The van der Waals surface area contributed by atoms with E-state index in [9.17, 15) is 35.4 Å². The topological polar surface area (TPSA) is 169 Å². The molecular weight excluding hydrogens is 843 g/mol. The van der Waals surface area contributed by atoms with E-state index >= 15 is 0 Å². The number of nitrogens with one attached hydrogen (secondary N) is 1. The lowest BCUT2D eigenvalue weighted by Crippen LogP contribution is -2.60. The van der Waals surface area contributed by atoms with Crippen LogP contribution in [0.1, 0.15) is 271 Å². The van der Waals surface area contributed by atoms with Crippen LogP contribution in [0.25, 0.3) is 0 Å². The Kier molecular flexibility index (Phi) is 44.6. The van der Waals surface area contributed by atoms with Crippen LogP contribution in [0, 0.1) is 0 Å². The standard InChI is InChI=1S/C57H109NO9/c1-3-5-7-9-11-13-15-17-18-19-20-21-22-23-24-25-26-27-28-29-30-31-32-33-34-36-38-40-42-44-46-51(61)56(65)58-49(48-66-57-55(64)54(63)53(62)52(47-59)67-57)50(60)45-43-41-39-37-35-16-14-12-10-8-6-4-2/h35,37,43,45,49-55,57,59-64H,3-34,36,38-42,44,46-48H2,1-2H3,(H,58,65)/b37-35+,45-43+. The molecule has 0 radical (unpaired) electrons. The summed E-state index contributed by atoms with van der Waals surface area (Å²) in [6, 6.07) is -0.993. The van der Waals surface area contributed by atoms with Crippen LogP contribution in [0.15, 0.2) is 24.3 Å². The largest absolute Gasteiger partial charge is 0.394 e. The third-order valence-electron chi connectivity index (χ3n) is 13.9. The monoisotopic (exact) mass is 952 g/mol. The molecule has 1 heterocycles. The first-order valence-electron chi connectivity index (χ1n) is 28.7. The molecule has 1 aliphatic rings. The molecule has 0 bridgehead atoms. The Morgan fingerprint density at radius 2 is 0.881 bits per heavy atom. The van der Waals surface area contributed by atoms with Crippen LogP contribution in [-0.2, 0) is 14.3 Å². The minimum atomic E-state index is -1.61. The first kappa shape index (κ1) is 63.6. The van der Waals surface area contributed by atoms with Gasteiger partial charge in [0, 0.05) is 0 Å². The molecule has 1 aliphatic heterocycles. The zero-order valence-electron chi connectivity index (χ0n) is 43.5. The number of carbonyl (C=O) groups excluding carboxylic acids is 1. The van der Waals surface area contributed by atoms with Gasteiger partial charge in [0.1, 0.15) is 30.5 Å². The molecule has 396 valence electrons. The number of aliphatic hydroxyl groups excluding tert-OH is 6. The molecule has 8 atom stereocenters. The van der Waals surface area contributed by atoms with E-state index in [4.69, 9.17) is 9.47 Å². The van der Waals surface area contributed by atoms with Crippen molar-refractivity contribution in [1.82, 2.24) is 5.32 Å². The fourth-order valence-corrected chi connectivity index (χ4v) is 9.24. The van der Waals surface area contributed by atoms with Gasteiger partial charge in [0.05, 0.1) is 25.4 Å². The third-order valence-corrected chi connectivity index (χ3v) is 13.9. The number of carbonyl (C=O) groups is 1. The summed E-state index contributed by atoms with van der Waals surface area (Å²) < 4.78 is 11.1. The van der Waals surface area contributed by atoms with E-state index in [2.05, 4.69) is 31.3 Å². The Balaban J connectivity index is 2.16. The van der Waals surface area contributed by atoms with Gasteiger partial charge < -0.3 is 45.4 Å². The second kappa shape index (κ2) is 47.0. The van der Waals surface area contributed by atoms with Gasteiger partial charge in [0.25, 0.3) is 0 Å². The van der Waals surface area contributed by atoms with Crippen LogP contribution in [0.2, 0.25) is 0 Å². The molecule has 0 saturated carbocycles. The number of allylic oxidation sites excluding steroid dienone is 3. The summed E-state index contributed by atoms with van der Waals surface area (Å²) in [6.45, 7) is 3.60. The van der Waals surface area contributed by atoms with Gasteiger partial charge in [-0.3, -0.25) is 4.79 Å². The van der Waals surface area contributed by atoms with Gasteiger partial charge in [-0.15, -0.1) is 0 Å². The van der Waals surface area contributed by atoms with Crippen molar-refractivity contribution in [2.45, 2.75) is 320 Å². The number of rotatable bonds is 49. The second-order valence-corrected chi connectivity index (χ2v) is 20.2. The van der Waals surface area contributed by atoms with Gasteiger partial charge in [0.15, 0.2) is 6.29 Å². The molecule has 0 aromatic heterocycles. The predicted octanol–water partition coefficient (Wildman–Crippen LogP) is 12.8. The van der Waals surface area contributed by atoms with Crippen LogP contribution in [0.3, 0.4) is 0 Å². The normalized spacial score (nSPS) is 20.3. The summed E-state index contributed by atoms with van der Waals surface area (Å²) in [6.07, 6.45) is 48.8.